The molecule has 2 unspecified atom stereocenters. The van der Waals surface area contributed by atoms with Crippen molar-refractivity contribution < 1.29 is 4.79 Å². The fraction of sp³-hybridized carbons (Fsp3) is 0.909. The molecule has 0 N–H and O–H groups in total. The van der Waals surface area contributed by atoms with Gasteiger partial charge in [0.25, 0.3) is 0 Å². The molecule has 0 amide bonds. The fourth-order valence-corrected chi connectivity index (χ4v) is 3.59. The van der Waals surface area contributed by atoms with Crippen molar-refractivity contribution in [2.75, 3.05) is 5.75 Å². The second kappa shape index (κ2) is 4.50. The predicted molar refractivity (Wildman–Crippen MR) is 59.1 cm³/mol. The van der Waals surface area contributed by atoms with Gasteiger partial charge >= 0.3 is 0 Å². The summed E-state index contributed by atoms with van der Waals surface area (Å²) >= 11 is 1.87. The van der Waals surface area contributed by atoms with Crippen LogP contribution < -0.4 is 0 Å². The van der Waals surface area contributed by atoms with Crippen LogP contribution in [0.1, 0.15) is 40.0 Å². The highest BCUT2D eigenvalue weighted by molar-refractivity contribution is 8.01. The summed E-state index contributed by atoms with van der Waals surface area (Å²) in [6.45, 7) is 6.69. The molecule has 1 fully saturated rings. The minimum Gasteiger partial charge on any atom is -0.302 e. The largest absolute Gasteiger partial charge is 0.302 e. The van der Waals surface area contributed by atoms with Crippen molar-refractivity contribution in [2.24, 2.45) is 11.8 Å². The van der Waals surface area contributed by atoms with Gasteiger partial charge in [-0.15, -0.1) is 11.8 Å². The van der Waals surface area contributed by atoms with Crippen LogP contribution in [0.3, 0.4) is 0 Å². The molecular formula is C11H20OS. The smallest absolute Gasteiger partial charge is 0.136 e. The molecule has 0 bridgehead atoms. The highest BCUT2D eigenvalue weighted by atomic mass is 32.2. The van der Waals surface area contributed by atoms with Gasteiger partial charge in [-0.25, -0.2) is 0 Å². The summed E-state index contributed by atoms with van der Waals surface area (Å²) in [6, 6.07) is 0. The Hall–Kier alpha value is 0.0200. The maximum absolute atomic E-state index is 11.1. The van der Waals surface area contributed by atoms with Gasteiger partial charge in [0.05, 0.1) is 4.75 Å². The molecule has 1 nitrogen and oxygen atoms in total. The lowest BCUT2D eigenvalue weighted by atomic mass is 9.84. The highest BCUT2D eigenvalue weighted by Gasteiger charge is 2.39. The first-order valence-corrected chi connectivity index (χ1v) is 6.19. The molecular weight excluding hydrogens is 180 g/mol. The van der Waals surface area contributed by atoms with Gasteiger partial charge in [-0.3, -0.25) is 0 Å². The Morgan fingerprint density at radius 2 is 2.15 bits per heavy atom. The summed E-state index contributed by atoms with van der Waals surface area (Å²) in [5, 5.41) is 0. The van der Waals surface area contributed by atoms with E-state index in [0.717, 1.165) is 6.42 Å². The minimum atomic E-state index is -0.0374. The Kier molecular flexibility index (Phi) is 3.84. The van der Waals surface area contributed by atoms with E-state index >= 15 is 0 Å². The molecule has 1 heterocycles. The summed E-state index contributed by atoms with van der Waals surface area (Å²) in [6.07, 6.45) is 4.68. The summed E-state index contributed by atoms with van der Waals surface area (Å²) in [7, 11) is 0. The van der Waals surface area contributed by atoms with Gasteiger partial charge in [0.2, 0.25) is 0 Å². The average molecular weight is 200 g/mol. The van der Waals surface area contributed by atoms with Crippen molar-refractivity contribution in [2.45, 2.75) is 44.8 Å². The molecule has 0 saturated carbocycles. The number of hydrogen-bond donors (Lipinski definition) is 0. The zero-order valence-electron chi connectivity index (χ0n) is 8.88. The zero-order valence-corrected chi connectivity index (χ0v) is 9.69. The van der Waals surface area contributed by atoms with Gasteiger partial charge in [0.1, 0.15) is 6.29 Å². The van der Waals surface area contributed by atoms with Crippen molar-refractivity contribution in [3.8, 4) is 0 Å². The number of thioether (sulfide) groups is 1. The van der Waals surface area contributed by atoms with Gasteiger partial charge < -0.3 is 4.79 Å². The second-order valence-corrected chi connectivity index (χ2v) is 6.01. The normalized spacial score (nSPS) is 30.8. The predicted octanol–water partition coefficient (Wildman–Crippen LogP) is 3.13. The molecule has 2 heteroatoms. The third-order valence-electron chi connectivity index (χ3n) is 2.94. The van der Waals surface area contributed by atoms with Crippen molar-refractivity contribution in [3.63, 3.8) is 0 Å². The van der Waals surface area contributed by atoms with E-state index in [1.54, 1.807) is 0 Å². The van der Waals surface area contributed by atoms with Crippen LogP contribution in [0.5, 0.6) is 0 Å². The molecule has 2 atom stereocenters. The van der Waals surface area contributed by atoms with Crippen LogP contribution in [0.25, 0.3) is 0 Å². The molecule has 0 radical (unpaired) electrons. The van der Waals surface area contributed by atoms with Gasteiger partial charge in [-0.05, 0) is 36.9 Å². The lowest BCUT2D eigenvalue weighted by Crippen LogP contribution is -2.32. The Balaban J connectivity index is 2.59. The molecule has 0 aromatic carbocycles. The first-order valence-electron chi connectivity index (χ1n) is 5.21. The Labute approximate surface area is 85.7 Å². The summed E-state index contributed by atoms with van der Waals surface area (Å²) in [5.74, 6) is 2.41. The van der Waals surface area contributed by atoms with Crippen LogP contribution in [-0.2, 0) is 4.79 Å². The number of aldehydes is 1. The zero-order chi connectivity index (χ0) is 9.90. The van der Waals surface area contributed by atoms with E-state index < -0.39 is 0 Å². The molecule has 76 valence electrons. The van der Waals surface area contributed by atoms with E-state index in [-0.39, 0.29) is 4.75 Å². The van der Waals surface area contributed by atoms with Crippen LogP contribution in [0.15, 0.2) is 0 Å². The molecule has 0 spiro atoms. The Bertz CT molecular complexity index is 171. The SMILES string of the molecule is CC(C)CC(C)C1(C=O)CCCS1. The average Bonchev–Trinajstić information content (AvgIpc) is 2.51. The van der Waals surface area contributed by atoms with Gasteiger partial charge in [-0.2, -0.15) is 0 Å². The lowest BCUT2D eigenvalue weighted by Gasteiger charge is -2.29. The first kappa shape index (κ1) is 11.1. The number of hydrogen-bond acceptors (Lipinski definition) is 2. The molecule has 0 aliphatic carbocycles. The quantitative estimate of drug-likeness (QED) is 0.649. The number of carbonyl (C=O) groups excluding carboxylic acids is 1. The van der Waals surface area contributed by atoms with Crippen molar-refractivity contribution in [1.29, 1.82) is 0 Å². The maximum Gasteiger partial charge on any atom is 0.136 e. The van der Waals surface area contributed by atoms with Crippen LogP contribution in [0.2, 0.25) is 0 Å². The van der Waals surface area contributed by atoms with Crippen molar-refractivity contribution in [1.82, 2.24) is 0 Å². The lowest BCUT2D eigenvalue weighted by molar-refractivity contribution is -0.111. The molecule has 1 aliphatic heterocycles. The third kappa shape index (κ3) is 2.49. The van der Waals surface area contributed by atoms with Gasteiger partial charge in [0, 0.05) is 0 Å². The van der Waals surface area contributed by atoms with E-state index in [4.69, 9.17) is 0 Å². The Morgan fingerprint density at radius 1 is 1.46 bits per heavy atom. The molecule has 1 aliphatic rings. The molecule has 0 aromatic rings. The highest BCUT2D eigenvalue weighted by Crippen LogP contribution is 2.44. The summed E-state index contributed by atoms with van der Waals surface area (Å²) < 4.78 is -0.0374. The minimum absolute atomic E-state index is 0.0374. The van der Waals surface area contributed by atoms with Crippen LogP contribution >= 0.6 is 11.8 Å². The fourth-order valence-electron chi connectivity index (χ4n) is 2.19. The van der Waals surface area contributed by atoms with Crippen LogP contribution in [0, 0.1) is 11.8 Å². The standard InChI is InChI=1S/C11H20OS/c1-9(2)7-10(3)11(8-12)5-4-6-13-11/h8-10H,4-7H2,1-3H3. The number of carbonyl (C=O) groups is 1. The van der Waals surface area contributed by atoms with E-state index in [0.29, 0.717) is 11.8 Å². The Morgan fingerprint density at radius 3 is 2.54 bits per heavy atom. The van der Waals surface area contributed by atoms with E-state index in [1.165, 1.54) is 24.9 Å². The molecule has 1 saturated heterocycles. The molecule has 13 heavy (non-hydrogen) atoms. The summed E-state index contributed by atoms with van der Waals surface area (Å²) in [5.41, 5.74) is 0. The summed E-state index contributed by atoms with van der Waals surface area (Å²) in [4.78, 5) is 11.1. The van der Waals surface area contributed by atoms with Crippen LogP contribution in [0.4, 0.5) is 0 Å². The van der Waals surface area contributed by atoms with Crippen molar-refractivity contribution >= 4 is 18.0 Å². The number of rotatable bonds is 4. The molecule has 1 rings (SSSR count). The van der Waals surface area contributed by atoms with E-state index in [9.17, 15) is 4.79 Å². The van der Waals surface area contributed by atoms with Crippen LogP contribution in [-0.4, -0.2) is 16.8 Å². The van der Waals surface area contributed by atoms with Crippen molar-refractivity contribution in [3.05, 3.63) is 0 Å². The third-order valence-corrected chi connectivity index (χ3v) is 4.67. The topological polar surface area (TPSA) is 17.1 Å². The monoisotopic (exact) mass is 200 g/mol. The second-order valence-electron chi connectivity index (χ2n) is 4.56. The van der Waals surface area contributed by atoms with Gasteiger partial charge in [-0.1, -0.05) is 20.8 Å². The molecule has 0 aromatic heterocycles. The first-order chi connectivity index (χ1) is 6.10. The maximum atomic E-state index is 11.1. The van der Waals surface area contributed by atoms with Gasteiger partial charge in [0.15, 0.2) is 0 Å². The van der Waals surface area contributed by atoms with E-state index in [1.807, 2.05) is 11.8 Å². The van der Waals surface area contributed by atoms with E-state index in [2.05, 4.69) is 20.8 Å².